The highest BCUT2D eigenvalue weighted by Crippen LogP contribution is 2.14. The molecule has 0 radical (unpaired) electrons. The largest absolute Gasteiger partial charge is 0.508 e. The molecule has 16 heteroatoms. The van der Waals surface area contributed by atoms with Crippen LogP contribution in [0.2, 0.25) is 0 Å². The van der Waals surface area contributed by atoms with Crippen LogP contribution in [0.3, 0.4) is 0 Å². The zero-order valence-electron chi connectivity index (χ0n) is 31.3. The summed E-state index contributed by atoms with van der Waals surface area (Å²) in [6, 6.07) is 17.8. The first-order valence-corrected chi connectivity index (χ1v) is 18.9. The molecule has 0 unspecified atom stereocenters. The number of carbonyl (C=O) groups is 6. The third-order valence-electron chi connectivity index (χ3n) is 7.72. The smallest absolute Gasteiger partial charge is 0.408 e. The Morgan fingerprint density at radius 2 is 1.20 bits per heavy atom. The predicted octanol–water partition coefficient (Wildman–Crippen LogP) is 2.47. The van der Waals surface area contributed by atoms with Gasteiger partial charge in [0.2, 0.25) is 23.6 Å². The molecule has 0 aromatic heterocycles. The van der Waals surface area contributed by atoms with Crippen LogP contribution in [0.5, 0.6) is 11.5 Å². The molecule has 0 saturated carbocycles. The van der Waals surface area contributed by atoms with E-state index in [0.29, 0.717) is 16.9 Å². The van der Waals surface area contributed by atoms with Crippen LogP contribution >= 0.6 is 11.8 Å². The normalized spacial score (nSPS) is 12.6. The second-order valence-electron chi connectivity index (χ2n) is 13.5. The molecule has 3 aromatic carbocycles. The van der Waals surface area contributed by atoms with Gasteiger partial charge >= 0.3 is 12.1 Å². The molecule has 0 saturated heterocycles. The SMILES string of the molecule is CSCC[C@H](NC(=O)[C@@H](Cc1ccc(O)cc1)NC(=O)CNC(=O)CNC(=O)[C@H](Cc1ccc(O)cc1)NC(=O)OC(C)(C)C)C(=O)OCc1ccccc1. The average Bonchev–Trinajstić information content (AvgIpc) is 3.14. The Hall–Kier alpha value is -5.77. The van der Waals surface area contributed by atoms with Crippen molar-refractivity contribution in [3.05, 3.63) is 95.6 Å². The summed E-state index contributed by atoms with van der Waals surface area (Å²) in [7, 11) is 0. The van der Waals surface area contributed by atoms with Crippen LogP contribution in [-0.4, -0.2) is 94.7 Å². The van der Waals surface area contributed by atoms with Crippen LogP contribution < -0.4 is 26.6 Å². The van der Waals surface area contributed by atoms with E-state index in [2.05, 4.69) is 26.6 Å². The van der Waals surface area contributed by atoms with Crippen molar-refractivity contribution in [2.75, 3.05) is 25.1 Å². The molecule has 5 amide bonds. The summed E-state index contributed by atoms with van der Waals surface area (Å²) in [5, 5.41) is 32.0. The van der Waals surface area contributed by atoms with Crippen molar-refractivity contribution in [3.8, 4) is 11.5 Å². The average molecular weight is 780 g/mol. The fraction of sp³-hybridized carbons (Fsp3) is 0.385. The minimum absolute atomic E-state index is 0.00850. The Kier molecular flexibility index (Phi) is 17.3. The number of aromatic hydroxyl groups is 2. The Morgan fingerprint density at radius 1 is 0.655 bits per heavy atom. The summed E-state index contributed by atoms with van der Waals surface area (Å²) < 4.78 is 10.8. The molecule has 296 valence electrons. The van der Waals surface area contributed by atoms with Gasteiger partial charge in [0.25, 0.3) is 0 Å². The maximum atomic E-state index is 13.6. The van der Waals surface area contributed by atoms with Gasteiger partial charge in [-0.3, -0.25) is 19.2 Å². The molecule has 55 heavy (non-hydrogen) atoms. The minimum atomic E-state index is -1.19. The summed E-state index contributed by atoms with van der Waals surface area (Å²) in [4.78, 5) is 78.0. The summed E-state index contributed by atoms with van der Waals surface area (Å²) in [6.45, 7) is 3.90. The number of esters is 1. The second-order valence-corrected chi connectivity index (χ2v) is 14.5. The topological polar surface area (TPSA) is 221 Å². The van der Waals surface area contributed by atoms with E-state index in [1.165, 1.54) is 36.0 Å². The number of rotatable bonds is 19. The Balaban J connectivity index is 1.62. The molecule has 0 spiro atoms. The van der Waals surface area contributed by atoms with Gasteiger partial charge in [-0.05, 0) is 80.2 Å². The Labute approximate surface area is 324 Å². The van der Waals surface area contributed by atoms with Crippen molar-refractivity contribution in [3.63, 3.8) is 0 Å². The Bertz CT molecular complexity index is 1730. The van der Waals surface area contributed by atoms with Gasteiger partial charge in [-0.15, -0.1) is 0 Å². The monoisotopic (exact) mass is 779 g/mol. The van der Waals surface area contributed by atoms with Crippen LogP contribution in [0.25, 0.3) is 0 Å². The van der Waals surface area contributed by atoms with Crippen LogP contribution in [0.1, 0.15) is 43.9 Å². The number of carbonyl (C=O) groups excluding carboxylic acids is 6. The first kappa shape index (κ1) is 43.6. The minimum Gasteiger partial charge on any atom is -0.508 e. The number of hydrogen-bond acceptors (Lipinski definition) is 11. The van der Waals surface area contributed by atoms with Gasteiger partial charge in [-0.2, -0.15) is 11.8 Å². The van der Waals surface area contributed by atoms with Crippen molar-refractivity contribution >= 4 is 47.5 Å². The highest BCUT2D eigenvalue weighted by molar-refractivity contribution is 7.98. The van der Waals surface area contributed by atoms with E-state index in [1.807, 2.05) is 24.5 Å². The number of alkyl carbamates (subject to hydrolysis) is 1. The van der Waals surface area contributed by atoms with Gasteiger partial charge in [0, 0.05) is 12.8 Å². The maximum absolute atomic E-state index is 13.6. The van der Waals surface area contributed by atoms with E-state index in [1.54, 1.807) is 57.2 Å². The summed E-state index contributed by atoms with van der Waals surface area (Å²) >= 11 is 1.48. The molecule has 7 N–H and O–H groups in total. The van der Waals surface area contributed by atoms with Gasteiger partial charge in [-0.25, -0.2) is 9.59 Å². The van der Waals surface area contributed by atoms with Crippen molar-refractivity contribution in [1.29, 1.82) is 0 Å². The molecule has 0 aliphatic heterocycles. The maximum Gasteiger partial charge on any atom is 0.408 e. The summed E-state index contributed by atoms with van der Waals surface area (Å²) in [6.07, 6.45) is 1.29. The number of phenolic OH excluding ortho intramolecular Hbond substituents is 2. The van der Waals surface area contributed by atoms with E-state index < -0.39 is 72.5 Å². The molecule has 0 heterocycles. The van der Waals surface area contributed by atoms with Crippen molar-refractivity contribution < 1.29 is 48.5 Å². The molecule has 0 bridgehead atoms. The van der Waals surface area contributed by atoms with Crippen molar-refractivity contribution in [1.82, 2.24) is 26.6 Å². The van der Waals surface area contributed by atoms with E-state index in [0.717, 1.165) is 5.56 Å². The van der Waals surface area contributed by atoms with E-state index in [-0.39, 0.29) is 37.4 Å². The quantitative estimate of drug-likeness (QED) is 0.0877. The number of benzene rings is 3. The standard InChI is InChI=1S/C39H49N5O10S/c1-39(2,3)54-38(52)44-31(20-25-10-14-28(45)15-11-25)35(49)41-22-33(47)40-23-34(48)42-32(21-26-12-16-29(46)17-13-26)36(50)43-30(18-19-55-4)37(51)53-24-27-8-6-5-7-9-27/h5-17,30-32,45-46H,18-24H2,1-4H3,(H,40,47)(H,41,49)(H,42,48)(H,43,50)(H,44,52)/t30-,31-,32+/m0/s1. The second kappa shape index (κ2) is 21.8. The highest BCUT2D eigenvalue weighted by Gasteiger charge is 2.29. The Morgan fingerprint density at radius 3 is 1.75 bits per heavy atom. The van der Waals surface area contributed by atoms with E-state index in [4.69, 9.17) is 9.47 Å². The zero-order valence-corrected chi connectivity index (χ0v) is 32.1. The fourth-order valence-electron chi connectivity index (χ4n) is 4.97. The van der Waals surface area contributed by atoms with Gasteiger partial charge in [0.15, 0.2) is 0 Å². The zero-order chi connectivity index (χ0) is 40.4. The molecule has 3 aromatic rings. The first-order valence-electron chi connectivity index (χ1n) is 17.5. The lowest BCUT2D eigenvalue weighted by atomic mass is 10.0. The molecule has 15 nitrogen and oxygen atoms in total. The van der Waals surface area contributed by atoms with Crippen LogP contribution in [0, 0.1) is 0 Å². The van der Waals surface area contributed by atoms with Crippen LogP contribution in [-0.2, 0) is 52.9 Å². The molecule has 0 aliphatic rings. The van der Waals surface area contributed by atoms with Crippen molar-refractivity contribution in [2.24, 2.45) is 0 Å². The summed E-state index contributed by atoms with van der Waals surface area (Å²) in [5.74, 6) is -2.91. The van der Waals surface area contributed by atoms with E-state index >= 15 is 0 Å². The lowest BCUT2D eigenvalue weighted by Gasteiger charge is -2.23. The highest BCUT2D eigenvalue weighted by atomic mass is 32.2. The molecular weight excluding hydrogens is 731 g/mol. The van der Waals surface area contributed by atoms with Crippen LogP contribution in [0.15, 0.2) is 78.9 Å². The van der Waals surface area contributed by atoms with Gasteiger partial charge in [-0.1, -0.05) is 54.6 Å². The number of nitrogens with one attached hydrogen (secondary N) is 5. The first-order chi connectivity index (χ1) is 26.1. The number of thioether (sulfide) groups is 1. The molecule has 0 fully saturated rings. The number of hydrogen-bond donors (Lipinski definition) is 7. The molecular formula is C39H49N5O10S. The van der Waals surface area contributed by atoms with Crippen LogP contribution in [0.4, 0.5) is 4.79 Å². The predicted molar refractivity (Wildman–Crippen MR) is 206 cm³/mol. The lowest BCUT2D eigenvalue weighted by Crippen LogP contribution is -2.54. The van der Waals surface area contributed by atoms with Gasteiger partial charge < -0.3 is 46.3 Å². The third kappa shape index (κ3) is 16.8. The number of amides is 5. The molecule has 3 rings (SSSR count). The number of ether oxygens (including phenoxy) is 2. The van der Waals surface area contributed by atoms with E-state index in [9.17, 15) is 39.0 Å². The fourth-order valence-corrected chi connectivity index (χ4v) is 5.44. The van der Waals surface area contributed by atoms with Gasteiger partial charge in [0.05, 0.1) is 13.1 Å². The number of phenols is 2. The summed E-state index contributed by atoms with van der Waals surface area (Å²) in [5.41, 5.74) is 1.15. The lowest BCUT2D eigenvalue weighted by molar-refractivity contribution is -0.149. The molecule has 3 atom stereocenters. The van der Waals surface area contributed by atoms with Gasteiger partial charge in [0.1, 0.15) is 41.8 Å². The molecule has 0 aliphatic carbocycles. The van der Waals surface area contributed by atoms with Crippen molar-refractivity contribution in [2.45, 2.75) is 70.4 Å². The third-order valence-corrected chi connectivity index (χ3v) is 8.36.